The Balaban J connectivity index is 1.31. The number of piperidine rings is 1. The molecule has 3 heterocycles. The van der Waals surface area contributed by atoms with Gasteiger partial charge >= 0.3 is 6.03 Å². The van der Waals surface area contributed by atoms with Gasteiger partial charge in [-0.1, -0.05) is 6.07 Å². The third-order valence-electron chi connectivity index (χ3n) is 4.48. The molecule has 0 radical (unpaired) electrons. The fraction of sp³-hybridized carbons (Fsp3) is 0.368. The molecule has 1 saturated heterocycles. The monoisotopic (exact) mass is 355 g/mol. The topological polar surface area (TPSA) is 72.9 Å². The Morgan fingerprint density at radius 3 is 3.08 bits per heavy atom. The molecule has 1 aromatic carbocycles. The van der Waals surface area contributed by atoms with Crippen LogP contribution in [0, 0.1) is 0 Å². The average Bonchev–Trinajstić information content (AvgIpc) is 3.15. The second kappa shape index (κ2) is 7.61. The van der Waals surface area contributed by atoms with E-state index in [9.17, 15) is 4.79 Å². The fourth-order valence-corrected chi connectivity index (χ4v) is 3.12. The first-order valence-electron chi connectivity index (χ1n) is 8.75. The predicted octanol–water partition coefficient (Wildman–Crippen LogP) is 3.02. The van der Waals surface area contributed by atoms with Gasteiger partial charge in [-0.2, -0.15) is 0 Å². The van der Waals surface area contributed by atoms with Crippen molar-refractivity contribution in [3.8, 4) is 11.5 Å². The number of nitrogens with zero attached hydrogens (tertiary/aromatic N) is 2. The Morgan fingerprint density at radius 1 is 1.27 bits per heavy atom. The molecule has 26 heavy (non-hydrogen) atoms. The van der Waals surface area contributed by atoms with Crippen molar-refractivity contribution in [2.24, 2.45) is 0 Å². The smallest absolute Gasteiger partial charge is 0.321 e. The number of pyridine rings is 1. The van der Waals surface area contributed by atoms with Gasteiger partial charge < -0.3 is 24.4 Å². The van der Waals surface area contributed by atoms with Gasteiger partial charge in [0.05, 0.1) is 18.4 Å². The van der Waals surface area contributed by atoms with Crippen molar-refractivity contribution >= 4 is 11.7 Å². The molecule has 7 nitrogen and oxygen atoms in total. The molecule has 2 amide bonds. The zero-order chi connectivity index (χ0) is 17.8. The summed E-state index contributed by atoms with van der Waals surface area (Å²) in [6, 6.07) is 11.0. The fourth-order valence-electron chi connectivity index (χ4n) is 3.12. The quantitative estimate of drug-likeness (QED) is 0.913. The first-order valence-corrected chi connectivity index (χ1v) is 8.75. The molecule has 1 atom stereocenters. The largest absolute Gasteiger partial charge is 0.454 e. The maximum Gasteiger partial charge on any atom is 0.321 e. The van der Waals surface area contributed by atoms with Gasteiger partial charge in [0.2, 0.25) is 6.79 Å². The number of urea groups is 1. The number of carbonyl (C=O) groups excluding carboxylic acids is 1. The van der Waals surface area contributed by atoms with Crippen LogP contribution in [0.25, 0.3) is 0 Å². The standard InChI is InChI=1S/C19H21N3O4/c23-19(21-14-6-7-17-18(10-14)26-13-25-17)22-9-3-5-16(11-22)24-12-15-4-1-2-8-20-15/h1-2,4,6-8,10,16H,3,5,9,11-13H2,(H,21,23)/t16-/m1/s1. The highest BCUT2D eigenvalue weighted by Gasteiger charge is 2.25. The van der Waals surface area contributed by atoms with Crippen LogP contribution in [0.3, 0.4) is 0 Å². The van der Waals surface area contributed by atoms with Crippen molar-refractivity contribution in [1.29, 1.82) is 0 Å². The molecule has 0 spiro atoms. The van der Waals surface area contributed by atoms with Crippen molar-refractivity contribution in [2.45, 2.75) is 25.6 Å². The van der Waals surface area contributed by atoms with Crippen LogP contribution in [0.1, 0.15) is 18.5 Å². The Labute approximate surface area is 151 Å². The summed E-state index contributed by atoms with van der Waals surface area (Å²) in [6.45, 7) is 1.97. The maximum absolute atomic E-state index is 12.6. The Kier molecular flexibility index (Phi) is 4.88. The summed E-state index contributed by atoms with van der Waals surface area (Å²) < 4.78 is 16.6. The molecular formula is C19H21N3O4. The highest BCUT2D eigenvalue weighted by atomic mass is 16.7. The number of nitrogens with one attached hydrogen (secondary N) is 1. The number of ether oxygens (including phenoxy) is 3. The zero-order valence-corrected chi connectivity index (χ0v) is 14.4. The number of likely N-dealkylation sites (tertiary alicyclic amines) is 1. The third-order valence-corrected chi connectivity index (χ3v) is 4.48. The minimum absolute atomic E-state index is 0.0215. The minimum atomic E-state index is -0.130. The molecule has 2 aromatic rings. The molecule has 0 aliphatic carbocycles. The van der Waals surface area contributed by atoms with E-state index in [1.807, 2.05) is 24.3 Å². The lowest BCUT2D eigenvalue weighted by Gasteiger charge is -2.32. The van der Waals surface area contributed by atoms with Crippen LogP contribution >= 0.6 is 0 Å². The molecule has 7 heteroatoms. The first kappa shape index (κ1) is 16.7. The molecule has 2 aliphatic rings. The van der Waals surface area contributed by atoms with Crippen molar-refractivity contribution in [3.63, 3.8) is 0 Å². The Morgan fingerprint density at radius 2 is 2.19 bits per heavy atom. The van der Waals surface area contributed by atoms with Crippen LogP contribution in [-0.4, -0.2) is 41.9 Å². The van der Waals surface area contributed by atoms with Crippen molar-refractivity contribution < 1.29 is 19.0 Å². The summed E-state index contributed by atoms with van der Waals surface area (Å²) in [7, 11) is 0. The van der Waals surface area contributed by atoms with Crippen LogP contribution in [0.4, 0.5) is 10.5 Å². The average molecular weight is 355 g/mol. The van der Waals surface area contributed by atoms with Gasteiger partial charge in [-0.25, -0.2) is 4.79 Å². The van der Waals surface area contributed by atoms with Crippen LogP contribution in [0.2, 0.25) is 0 Å². The highest BCUT2D eigenvalue weighted by Crippen LogP contribution is 2.34. The van der Waals surface area contributed by atoms with Gasteiger partial charge in [0.1, 0.15) is 0 Å². The summed E-state index contributed by atoms with van der Waals surface area (Å²) in [4.78, 5) is 18.6. The molecule has 1 fully saturated rings. The number of benzene rings is 1. The SMILES string of the molecule is O=C(Nc1ccc2c(c1)OCO2)N1CCC[C@@H](OCc2ccccn2)C1. The lowest BCUT2D eigenvalue weighted by molar-refractivity contribution is -0.000325. The van der Waals surface area contributed by atoms with Gasteiger partial charge in [0, 0.05) is 31.0 Å². The van der Waals surface area contributed by atoms with Crippen LogP contribution in [0.5, 0.6) is 11.5 Å². The molecule has 1 aromatic heterocycles. The van der Waals surface area contributed by atoms with E-state index in [4.69, 9.17) is 14.2 Å². The van der Waals surface area contributed by atoms with Crippen molar-refractivity contribution in [2.75, 3.05) is 25.2 Å². The van der Waals surface area contributed by atoms with E-state index in [0.29, 0.717) is 30.3 Å². The number of carbonyl (C=O) groups is 1. The molecule has 0 unspecified atom stereocenters. The normalized spacial score (nSPS) is 18.6. The van der Waals surface area contributed by atoms with Crippen molar-refractivity contribution in [3.05, 3.63) is 48.3 Å². The van der Waals surface area contributed by atoms with Gasteiger partial charge in [0.15, 0.2) is 11.5 Å². The zero-order valence-electron chi connectivity index (χ0n) is 14.4. The second-order valence-electron chi connectivity index (χ2n) is 6.34. The Bertz CT molecular complexity index is 769. The molecule has 0 saturated carbocycles. The van der Waals surface area contributed by atoms with Crippen molar-refractivity contribution in [1.82, 2.24) is 9.88 Å². The van der Waals surface area contributed by atoms with E-state index in [1.165, 1.54) is 0 Å². The second-order valence-corrected chi connectivity index (χ2v) is 6.34. The number of hydrogen-bond donors (Lipinski definition) is 1. The van der Waals surface area contributed by atoms with Crippen LogP contribution in [0.15, 0.2) is 42.6 Å². The van der Waals surface area contributed by atoms with Gasteiger partial charge in [-0.15, -0.1) is 0 Å². The molecule has 0 bridgehead atoms. The number of hydrogen-bond acceptors (Lipinski definition) is 5. The summed E-state index contributed by atoms with van der Waals surface area (Å²) in [5, 5.41) is 2.92. The molecule has 2 aliphatic heterocycles. The van der Waals surface area contributed by atoms with E-state index in [-0.39, 0.29) is 18.9 Å². The molecular weight excluding hydrogens is 334 g/mol. The number of amides is 2. The summed E-state index contributed by atoms with van der Waals surface area (Å²) >= 11 is 0. The van der Waals surface area contributed by atoms with E-state index >= 15 is 0 Å². The molecule has 1 N–H and O–H groups in total. The predicted molar refractivity (Wildman–Crippen MR) is 95.2 cm³/mol. The number of fused-ring (bicyclic) bond motifs is 1. The minimum Gasteiger partial charge on any atom is -0.454 e. The lowest BCUT2D eigenvalue weighted by Crippen LogP contribution is -2.45. The number of rotatable bonds is 4. The maximum atomic E-state index is 12.6. The van der Waals surface area contributed by atoms with Gasteiger partial charge in [-0.3, -0.25) is 4.98 Å². The molecule has 4 rings (SSSR count). The number of aromatic nitrogens is 1. The van der Waals surface area contributed by atoms with E-state index in [0.717, 1.165) is 25.1 Å². The number of anilines is 1. The van der Waals surface area contributed by atoms with Crippen LogP contribution < -0.4 is 14.8 Å². The van der Waals surface area contributed by atoms with E-state index in [2.05, 4.69) is 10.3 Å². The molecule has 136 valence electrons. The Hall–Kier alpha value is -2.80. The highest BCUT2D eigenvalue weighted by molar-refractivity contribution is 5.89. The summed E-state index contributed by atoms with van der Waals surface area (Å²) in [6.07, 6.45) is 3.64. The van der Waals surface area contributed by atoms with E-state index in [1.54, 1.807) is 23.2 Å². The summed E-state index contributed by atoms with van der Waals surface area (Å²) in [5.74, 6) is 1.35. The summed E-state index contributed by atoms with van der Waals surface area (Å²) in [5.41, 5.74) is 1.59. The van der Waals surface area contributed by atoms with Gasteiger partial charge in [-0.05, 0) is 37.1 Å². The van der Waals surface area contributed by atoms with E-state index < -0.39 is 0 Å². The van der Waals surface area contributed by atoms with Gasteiger partial charge in [0.25, 0.3) is 0 Å². The van der Waals surface area contributed by atoms with Crippen LogP contribution in [-0.2, 0) is 11.3 Å². The first-order chi connectivity index (χ1) is 12.8. The lowest BCUT2D eigenvalue weighted by atomic mass is 10.1. The third kappa shape index (κ3) is 3.88.